The molecule has 1 atom stereocenters. The molecular formula is C11H9ClF3N3O2. The quantitative estimate of drug-likeness (QED) is 0.519. The standard InChI is InChI=1S/C11H9ClF3N3O2/c12-8-3-7(11(13,14)15)5-16-9(8)18-2-1-6(4-17-20)10(18)19/h3-6,20H,1-2H2/b17-4+/t6-/m1/s1. The minimum Gasteiger partial charge on any atom is -0.411 e. The van der Waals surface area contributed by atoms with Crippen molar-refractivity contribution in [1.82, 2.24) is 4.98 Å². The Bertz CT molecular complexity index is 562. The van der Waals surface area contributed by atoms with Gasteiger partial charge in [0.05, 0.1) is 22.7 Å². The first kappa shape index (κ1) is 14.6. The number of rotatable bonds is 2. The zero-order chi connectivity index (χ0) is 14.9. The number of carbonyl (C=O) groups excluding carboxylic acids is 1. The highest BCUT2D eigenvalue weighted by Gasteiger charge is 2.36. The van der Waals surface area contributed by atoms with E-state index < -0.39 is 23.6 Å². The van der Waals surface area contributed by atoms with Gasteiger partial charge in [-0.3, -0.25) is 9.69 Å². The second kappa shape index (κ2) is 5.28. The number of oxime groups is 1. The average Bonchev–Trinajstić information content (AvgIpc) is 2.71. The van der Waals surface area contributed by atoms with E-state index in [9.17, 15) is 18.0 Å². The van der Waals surface area contributed by atoms with E-state index >= 15 is 0 Å². The molecule has 1 fully saturated rings. The van der Waals surface area contributed by atoms with Crippen molar-refractivity contribution in [3.8, 4) is 0 Å². The van der Waals surface area contributed by atoms with Gasteiger partial charge in [0, 0.05) is 12.7 Å². The summed E-state index contributed by atoms with van der Waals surface area (Å²) in [5.74, 6) is -1.07. The van der Waals surface area contributed by atoms with Crippen molar-refractivity contribution in [2.45, 2.75) is 12.6 Å². The van der Waals surface area contributed by atoms with E-state index in [1.165, 1.54) is 4.90 Å². The van der Waals surface area contributed by atoms with Crippen molar-refractivity contribution in [2.75, 3.05) is 11.4 Å². The summed E-state index contributed by atoms with van der Waals surface area (Å²) in [6, 6.07) is 0.727. The number of hydrogen-bond donors (Lipinski definition) is 1. The van der Waals surface area contributed by atoms with E-state index in [-0.39, 0.29) is 17.4 Å². The summed E-state index contributed by atoms with van der Waals surface area (Å²) < 4.78 is 37.5. The van der Waals surface area contributed by atoms with Crippen molar-refractivity contribution in [3.05, 3.63) is 22.8 Å². The molecule has 1 saturated heterocycles. The third kappa shape index (κ3) is 2.69. The van der Waals surface area contributed by atoms with Gasteiger partial charge in [-0.25, -0.2) is 4.98 Å². The Labute approximate surface area is 116 Å². The van der Waals surface area contributed by atoms with E-state index in [4.69, 9.17) is 16.8 Å². The number of anilines is 1. The van der Waals surface area contributed by atoms with Crippen LogP contribution in [0.1, 0.15) is 12.0 Å². The summed E-state index contributed by atoms with van der Waals surface area (Å²) in [5.41, 5.74) is -0.980. The highest BCUT2D eigenvalue weighted by molar-refractivity contribution is 6.33. The van der Waals surface area contributed by atoms with Gasteiger partial charge in [-0.15, -0.1) is 5.16 Å². The summed E-state index contributed by atoms with van der Waals surface area (Å²) in [4.78, 5) is 16.7. The molecule has 0 aliphatic carbocycles. The topological polar surface area (TPSA) is 65.8 Å². The van der Waals surface area contributed by atoms with E-state index in [2.05, 4.69) is 10.1 Å². The lowest BCUT2D eigenvalue weighted by atomic mass is 10.1. The third-order valence-electron chi connectivity index (χ3n) is 2.90. The number of alkyl halides is 3. The maximum absolute atomic E-state index is 12.5. The van der Waals surface area contributed by atoms with Crippen LogP contribution in [-0.2, 0) is 11.0 Å². The Morgan fingerprint density at radius 3 is 2.80 bits per heavy atom. The Morgan fingerprint density at radius 1 is 1.55 bits per heavy atom. The summed E-state index contributed by atoms with van der Waals surface area (Å²) in [5, 5.41) is 10.9. The molecule has 1 aliphatic heterocycles. The van der Waals surface area contributed by atoms with Crippen molar-refractivity contribution in [1.29, 1.82) is 0 Å². The Kier molecular flexibility index (Phi) is 3.85. The minimum atomic E-state index is -4.55. The first-order chi connectivity index (χ1) is 9.34. The number of amides is 1. The lowest BCUT2D eigenvalue weighted by Gasteiger charge is -2.17. The maximum Gasteiger partial charge on any atom is 0.417 e. The molecule has 9 heteroatoms. The van der Waals surface area contributed by atoms with Crippen molar-refractivity contribution < 1.29 is 23.2 Å². The predicted octanol–water partition coefficient (Wildman–Crippen LogP) is 2.57. The monoisotopic (exact) mass is 307 g/mol. The predicted molar refractivity (Wildman–Crippen MR) is 65.0 cm³/mol. The largest absolute Gasteiger partial charge is 0.417 e. The lowest BCUT2D eigenvalue weighted by molar-refractivity contribution is -0.137. The molecule has 1 amide bonds. The second-order valence-electron chi connectivity index (χ2n) is 4.18. The number of pyridine rings is 1. The summed E-state index contributed by atoms with van der Waals surface area (Å²) in [6.45, 7) is 0.244. The zero-order valence-corrected chi connectivity index (χ0v) is 10.7. The highest BCUT2D eigenvalue weighted by atomic mass is 35.5. The molecule has 1 N–H and O–H groups in total. The number of halogens is 4. The fraction of sp³-hybridized carbons (Fsp3) is 0.364. The maximum atomic E-state index is 12.5. The van der Waals surface area contributed by atoms with Crippen LogP contribution in [0.4, 0.5) is 19.0 Å². The van der Waals surface area contributed by atoms with Gasteiger partial charge in [0.15, 0.2) is 5.82 Å². The van der Waals surface area contributed by atoms with Crippen LogP contribution in [0.3, 0.4) is 0 Å². The second-order valence-corrected chi connectivity index (χ2v) is 4.58. The molecule has 5 nitrogen and oxygen atoms in total. The van der Waals surface area contributed by atoms with E-state index in [0.717, 1.165) is 12.3 Å². The van der Waals surface area contributed by atoms with Crippen LogP contribution in [-0.4, -0.2) is 28.9 Å². The Hall–Kier alpha value is -1.83. The molecule has 0 radical (unpaired) electrons. The molecule has 1 aromatic heterocycles. The average molecular weight is 308 g/mol. The van der Waals surface area contributed by atoms with Gasteiger partial charge in [-0.2, -0.15) is 13.2 Å². The van der Waals surface area contributed by atoms with Crippen molar-refractivity contribution in [2.24, 2.45) is 11.1 Å². The first-order valence-corrected chi connectivity index (χ1v) is 5.94. The van der Waals surface area contributed by atoms with Crippen LogP contribution in [0.2, 0.25) is 5.02 Å². The van der Waals surface area contributed by atoms with Gasteiger partial charge in [0.25, 0.3) is 0 Å². The van der Waals surface area contributed by atoms with Crippen LogP contribution in [0.15, 0.2) is 17.4 Å². The molecule has 0 saturated carbocycles. The minimum absolute atomic E-state index is 0.0292. The van der Waals surface area contributed by atoms with E-state index in [1.807, 2.05) is 0 Å². The number of nitrogens with zero attached hydrogens (tertiary/aromatic N) is 3. The molecule has 0 bridgehead atoms. The first-order valence-electron chi connectivity index (χ1n) is 5.56. The molecule has 0 unspecified atom stereocenters. The molecule has 1 aromatic rings. The van der Waals surface area contributed by atoms with Crippen LogP contribution in [0.25, 0.3) is 0 Å². The van der Waals surface area contributed by atoms with Crippen LogP contribution >= 0.6 is 11.6 Å². The summed E-state index contributed by atoms with van der Waals surface area (Å²) in [6.07, 6.45) is -2.47. The fourth-order valence-electron chi connectivity index (χ4n) is 1.92. The van der Waals surface area contributed by atoms with Gasteiger partial charge in [0.2, 0.25) is 5.91 Å². The summed E-state index contributed by atoms with van der Waals surface area (Å²) in [7, 11) is 0. The molecule has 108 valence electrons. The third-order valence-corrected chi connectivity index (χ3v) is 3.18. The molecule has 1 aliphatic rings. The SMILES string of the molecule is O=C1[C@@H](/C=N/O)CCN1c1ncc(C(F)(F)F)cc1Cl. The Balaban J connectivity index is 2.29. The van der Waals surface area contributed by atoms with Gasteiger partial charge < -0.3 is 5.21 Å². The number of aromatic nitrogens is 1. The van der Waals surface area contributed by atoms with Gasteiger partial charge >= 0.3 is 6.18 Å². The van der Waals surface area contributed by atoms with E-state index in [1.54, 1.807) is 0 Å². The van der Waals surface area contributed by atoms with Gasteiger partial charge in [-0.05, 0) is 12.5 Å². The number of carbonyl (C=O) groups is 1. The van der Waals surface area contributed by atoms with Gasteiger partial charge in [0.1, 0.15) is 0 Å². The normalized spacial score (nSPS) is 20.1. The lowest BCUT2D eigenvalue weighted by Crippen LogP contribution is -2.28. The molecule has 20 heavy (non-hydrogen) atoms. The van der Waals surface area contributed by atoms with Gasteiger partial charge in [-0.1, -0.05) is 11.6 Å². The summed E-state index contributed by atoms with van der Waals surface area (Å²) >= 11 is 5.77. The molecule has 2 heterocycles. The van der Waals surface area contributed by atoms with Crippen molar-refractivity contribution in [3.63, 3.8) is 0 Å². The van der Waals surface area contributed by atoms with Crippen LogP contribution in [0, 0.1) is 5.92 Å². The van der Waals surface area contributed by atoms with Crippen molar-refractivity contribution >= 4 is 29.5 Å². The fourth-order valence-corrected chi connectivity index (χ4v) is 2.18. The van der Waals surface area contributed by atoms with Crippen LogP contribution < -0.4 is 4.90 Å². The molecule has 0 spiro atoms. The molecule has 0 aromatic carbocycles. The molecule has 2 rings (SSSR count). The Morgan fingerprint density at radius 2 is 2.25 bits per heavy atom. The van der Waals surface area contributed by atoms with E-state index in [0.29, 0.717) is 12.6 Å². The highest BCUT2D eigenvalue weighted by Crippen LogP contribution is 2.35. The van der Waals surface area contributed by atoms with Crippen LogP contribution in [0.5, 0.6) is 0 Å². The molecular weight excluding hydrogens is 299 g/mol. The smallest absolute Gasteiger partial charge is 0.411 e. The zero-order valence-electron chi connectivity index (χ0n) is 9.93. The number of hydrogen-bond acceptors (Lipinski definition) is 4.